The Morgan fingerprint density at radius 1 is 1.33 bits per heavy atom. The molecule has 0 atom stereocenters. The number of carbonyl (C=O) groups excluding carboxylic acids is 1. The topological polar surface area (TPSA) is 66.4 Å². The molecule has 1 aromatic carbocycles. The number of carboxylic acids is 1. The lowest BCUT2D eigenvalue weighted by atomic mass is 10.1. The number of nitrogens with one attached hydrogen (secondary N) is 1. The second-order valence-corrected chi connectivity index (χ2v) is 4.12. The van der Waals surface area contributed by atoms with Crippen LogP contribution in [0.4, 0.5) is 13.2 Å². The SMILES string of the molecule is O=C(O)CNC(=O)c1ccc(Br)c(C(F)(F)F)c1. The highest BCUT2D eigenvalue weighted by Crippen LogP contribution is 2.35. The Balaban J connectivity index is 2.98. The zero-order valence-corrected chi connectivity index (χ0v) is 10.3. The first kappa shape index (κ1) is 14.5. The zero-order chi connectivity index (χ0) is 13.9. The Bertz CT molecular complexity index is 488. The van der Waals surface area contributed by atoms with E-state index in [4.69, 9.17) is 5.11 Å². The van der Waals surface area contributed by atoms with Gasteiger partial charge in [0.1, 0.15) is 6.54 Å². The van der Waals surface area contributed by atoms with E-state index in [0.29, 0.717) is 6.07 Å². The average molecular weight is 326 g/mol. The number of carbonyl (C=O) groups is 2. The maximum absolute atomic E-state index is 12.6. The Hall–Kier alpha value is -1.57. The molecule has 0 unspecified atom stereocenters. The van der Waals surface area contributed by atoms with Crippen LogP contribution in [0.1, 0.15) is 15.9 Å². The van der Waals surface area contributed by atoms with Gasteiger partial charge in [0.25, 0.3) is 5.91 Å². The minimum atomic E-state index is -4.60. The fourth-order valence-electron chi connectivity index (χ4n) is 1.14. The van der Waals surface area contributed by atoms with Gasteiger partial charge in [-0.15, -0.1) is 0 Å². The van der Waals surface area contributed by atoms with Gasteiger partial charge in [-0.1, -0.05) is 15.9 Å². The van der Waals surface area contributed by atoms with E-state index < -0.39 is 30.2 Å². The molecule has 0 aliphatic rings. The molecule has 1 amide bonds. The minimum absolute atomic E-state index is 0.190. The van der Waals surface area contributed by atoms with Gasteiger partial charge in [0, 0.05) is 10.0 Å². The van der Waals surface area contributed by atoms with Crippen LogP contribution in [0.5, 0.6) is 0 Å². The molecule has 0 saturated heterocycles. The standard InChI is InChI=1S/C10H7BrF3NO3/c11-7-2-1-5(3-6(7)10(12,13)14)9(18)15-4-8(16)17/h1-3H,4H2,(H,15,18)(H,16,17). The number of benzene rings is 1. The summed E-state index contributed by atoms with van der Waals surface area (Å²) in [5, 5.41) is 10.3. The van der Waals surface area contributed by atoms with Crippen molar-refractivity contribution in [2.75, 3.05) is 6.54 Å². The van der Waals surface area contributed by atoms with E-state index >= 15 is 0 Å². The zero-order valence-electron chi connectivity index (χ0n) is 8.71. The summed E-state index contributed by atoms with van der Waals surface area (Å²) in [6, 6.07) is 2.90. The molecule has 0 aliphatic heterocycles. The molecule has 1 rings (SSSR count). The monoisotopic (exact) mass is 325 g/mol. The molecular formula is C10H7BrF3NO3. The lowest BCUT2D eigenvalue weighted by molar-refractivity contribution is -0.138. The van der Waals surface area contributed by atoms with E-state index in [-0.39, 0.29) is 10.0 Å². The van der Waals surface area contributed by atoms with Gasteiger partial charge >= 0.3 is 12.1 Å². The molecule has 8 heteroatoms. The van der Waals surface area contributed by atoms with E-state index in [1.165, 1.54) is 0 Å². The molecule has 0 spiro atoms. The Morgan fingerprint density at radius 2 is 1.94 bits per heavy atom. The van der Waals surface area contributed by atoms with Crippen molar-refractivity contribution < 1.29 is 27.9 Å². The maximum Gasteiger partial charge on any atom is 0.417 e. The van der Waals surface area contributed by atoms with Crippen LogP contribution in [-0.4, -0.2) is 23.5 Å². The normalized spacial score (nSPS) is 11.1. The van der Waals surface area contributed by atoms with Gasteiger partial charge in [0.2, 0.25) is 0 Å². The number of carboxylic acid groups (broad SMARTS) is 1. The minimum Gasteiger partial charge on any atom is -0.480 e. The van der Waals surface area contributed by atoms with Gasteiger partial charge in [-0.2, -0.15) is 13.2 Å². The van der Waals surface area contributed by atoms with E-state index in [2.05, 4.69) is 15.9 Å². The molecule has 0 saturated carbocycles. The van der Waals surface area contributed by atoms with E-state index in [0.717, 1.165) is 12.1 Å². The number of aliphatic carboxylic acids is 1. The van der Waals surface area contributed by atoms with Crippen LogP contribution in [0.15, 0.2) is 22.7 Å². The molecule has 0 radical (unpaired) electrons. The maximum atomic E-state index is 12.6. The smallest absolute Gasteiger partial charge is 0.417 e. The highest BCUT2D eigenvalue weighted by molar-refractivity contribution is 9.10. The molecule has 4 nitrogen and oxygen atoms in total. The van der Waals surface area contributed by atoms with Crippen molar-refractivity contribution in [2.24, 2.45) is 0 Å². The Morgan fingerprint density at radius 3 is 2.44 bits per heavy atom. The van der Waals surface area contributed by atoms with Crippen molar-refractivity contribution in [2.45, 2.75) is 6.18 Å². The van der Waals surface area contributed by atoms with Crippen LogP contribution in [0.2, 0.25) is 0 Å². The predicted molar refractivity (Wildman–Crippen MR) is 59.1 cm³/mol. The van der Waals surface area contributed by atoms with Crippen LogP contribution in [-0.2, 0) is 11.0 Å². The summed E-state index contributed by atoms with van der Waals surface area (Å²) in [5.74, 6) is -2.16. The van der Waals surface area contributed by atoms with Crippen LogP contribution in [0.3, 0.4) is 0 Å². The van der Waals surface area contributed by atoms with Gasteiger partial charge in [0.05, 0.1) is 5.56 Å². The average Bonchev–Trinajstić information content (AvgIpc) is 2.24. The number of amides is 1. The van der Waals surface area contributed by atoms with Crippen LogP contribution >= 0.6 is 15.9 Å². The molecule has 0 bridgehead atoms. The first-order chi connectivity index (χ1) is 8.21. The van der Waals surface area contributed by atoms with Crippen LogP contribution in [0, 0.1) is 0 Å². The molecule has 0 aliphatic carbocycles. The quantitative estimate of drug-likeness (QED) is 0.896. The number of hydrogen-bond acceptors (Lipinski definition) is 2. The van der Waals surface area contributed by atoms with Crippen molar-refractivity contribution in [1.82, 2.24) is 5.32 Å². The first-order valence-corrected chi connectivity index (χ1v) is 5.38. The van der Waals surface area contributed by atoms with Crippen molar-refractivity contribution in [3.05, 3.63) is 33.8 Å². The molecule has 0 fully saturated rings. The van der Waals surface area contributed by atoms with Gasteiger partial charge in [0.15, 0.2) is 0 Å². The van der Waals surface area contributed by atoms with E-state index in [1.807, 2.05) is 5.32 Å². The molecule has 0 heterocycles. The summed E-state index contributed by atoms with van der Waals surface area (Å²) in [6.45, 7) is -0.656. The first-order valence-electron chi connectivity index (χ1n) is 4.58. The lowest BCUT2D eigenvalue weighted by Gasteiger charge is -2.10. The van der Waals surface area contributed by atoms with Crippen molar-refractivity contribution >= 4 is 27.8 Å². The molecule has 2 N–H and O–H groups in total. The fraction of sp³-hybridized carbons (Fsp3) is 0.200. The number of halogens is 4. The lowest BCUT2D eigenvalue weighted by Crippen LogP contribution is -2.29. The second-order valence-electron chi connectivity index (χ2n) is 3.27. The third kappa shape index (κ3) is 3.73. The summed E-state index contributed by atoms with van der Waals surface area (Å²) in [5.41, 5.74) is -1.25. The van der Waals surface area contributed by atoms with Crippen LogP contribution < -0.4 is 5.32 Å². The Labute approximate surface area is 108 Å². The van der Waals surface area contributed by atoms with E-state index in [1.54, 1.807) is 0 Å². The molecule has 0 aromatic heterocycles. The molecule has 98 valence electrons. The third-order valence-corrected chi connectivity index (χ3v) is 2.63. The van der Waals surface area contributed by atoms with Gasteiger partial charge < -0.3 is 10.4 Å². The Kier molecular flexibility index (Phi) is 4.33. The van der Waals surface area contributed by atoms with E-state index in [9.17, 15) is 22.8 Å². The van der Waals surface area contributed by atoms with Crippen molar-refractivity contribution in [3.8, 4) is 0 Å². The van der Waals surface area contributed by atoms with Crippen molar-refractivity contribution in [1.29, 1.82) is 0 Å². The van der Waals surface area contributed by atoms with Gasteiger partial charge in [-0.3, -0.25) is 9.59 Å². The molecule has 18 heavy (non-hydrogen) atoms. The predicted octanol–water partition coefficient (Wildman–Crippen LogP) is 2.28. The van der Waals surface area contributed by atoms with Crippen molar-refractivity contribution in [3.63, 3.8) is 0 Å². The highest BCUT2D eigenvalue weighted by Gasteiger charge is 2.33. The van der Waals surface area contributed by atoms with Gasteiger partial charge in [-0.25, -0.2) is 0 Å². The van der Waals surface area contributed by atoms with Gasteiger partial charge in [-0.05, 0) is 18.2 Å². The fourth-order valence-corrected chi connectivity index (χ4v) is 1.61. The third-order valence-electron chi connectivity index (χ3n) is 1.93. The summed E-state index contributed by atoms with van der Waals surface area (Å²) < 4.78 is 37.5. The number of rotatable bonds is 3. The second kappa shape index (κ2) is 5.38. The summed E-state index contributed by atoms with van der Waals surface area (Å²) in [6.07, 6.45) is -4.60. The summed E-state index contributed by atoms with van der Waals surface area (Å²) in [7, 11) is 0. The number of alkyl halides is 3. The molecular weight excluding hydrogens is 319 g/mol. The summed E-state index contributed by atoms with van der Waals surface area (Å²) in [4.78, 5) is 21.6. The number of hydrogen-bond donors (Lipinski definition) is 2. The summed E-state index contributed by atoms with van der Waals surface area (Å²) >= 11 is 2.73. The van der Waals surface area contributed by atoms with Crippen LogP contribution in [0.25, 0.3) is 0 Å². The largest absolute Gasteiger partial charge is 0.480 e. The highest BCUT2D eigenvalue weighted by atomic mass is 79.9. The molecule has 1 aromatic rings.